The topological polar surface area (TPSA) is 51.8 Å². The zero-order valence-corrected chi connectivity index (χ0v) is 19.7. The van der Waals surface area contributed by atoms with E-state index in [9.17, 15) is 0 Å². The molecule has 3 nitrogen and oxygen atoms in total. The molecule has 2 aromatic rings. The number of allylic oxidation sites excluding steroid dienone is 5. The molecule has 1 aromatic carbocycles. The maximum atomic E-state index is 5.71. The van der Waals surface area contributed by atoms with Gasteiger partial charge in [0.2, 0.25) is 0 Å². The molecule has 2 rings (SSSR count). The summed E-state index contributed by atoms with van der Waals surface area (Å²) in [5.74, 6) is 1.37. The predicted molar refractivity (Wildman–Crippen MR) is 132 cm³/mol. The molecule has 0 radical (unpaired) electrons. The van der Waals surface area contributed by atoms with Gasteiger partial charge >= 0.3 is 0 Å². The minimum absolute atomic E-state index is 0.541. The fourth-order valence-corrected chi connectivity index (χ4v) is 1.77. The molecule has 0 amide bonds. The first-order valence-electron chi connectivity index (χ1n) is 10.4. The van der Waals surface area contributed by atoms with Crippen molar-refractivity contribution in [2.45, 2.75) is 61.8 Å². The van der Waals surface area contributed by atoms with Crippen LogP contribution >= 0.6 is 0 Å². The summed E-state index contributed by atoms with van der Waals surface area (Å²) in [6.45, 7) is 20.2. The molecule has 0 unspecified atom stereocenters. The van der Waals surface area contributed by atoms with Crippen molar-refractivity contribution >= 4 is 5.82 Å². The first kappa shape index (κ1) is 28.5. The Morgan fingerprint density at radius 3 is 2.14 bits per heavy atom. The second-order valence-corrected chi connectivity index (χ2v) is 6.78. The first-order chi connectivity index (χ1) is 13.8. The minimum atomic E-state index is 0.541. The van der Waals surface area contributed by atoms with Crippen LogP contribution in [0.1, 0.15) is 60.5 Å². The second-order valence-electron chi connectivity index (χ2n) is 6.78. The standard InChI is InChI=1S/C11H11N3.C9H14.C4H10.C2H6/c1-8-10(13-7-14-11(8)12)9-5-3-2-4-6-9;1-4-6-7-8-9(3)5-2;1-4(2)3;1-2/h2-7H,1H3,(H2,12,13,14);5-8H,2,4H2,1,3H3;4H,1-3H3;1-2H3/b;7-6-,9-8-;;. The molecule has 0 aliphatic carbocycles. The lowest BCUT2D eigenvalue weighted by Crippen LogP contribution is -1.98. The predicted octanol–water partition coefficient (Wildman–Crippen LogP) is 7.81. The van der Waals surface area contributed by atoms with Crippen LogP contribution in [0.3, 0.4) is 0 Å². The fourth-order valence-electron chi connectivity index (χ4n) is 1.77. The number of hydrogen-bond acceptors (Lipinski definition) is 3. The molecular formula is C26H41N3. The number of nitrogens with zero attached hydrogens (tertiary/aromatic N) is 2. The molecule has 3 heteroatoms. The molecule has 0 fully saturated rings. The molecule has 0 spiro atoms. The van der Waals surface area contributed by atoms with Crippen molar-refractivity contribution in [2.75, 3.05) is 5.73 Å². The van der Waals surface area contributed by atoms with Crippen LogP contribution < -0.4 is 5.73 Å². The third-order valence-electron chi connectivity index (χ3n) is 3.22. The van der Waals surface area contributed by atoms with E-state index in [2.05, 4.69) is 62.5 Å². The average Bonchev–Trinajstić information content (AvgIpc) is 2.72. The largest absolute Gasteiger partial charge is 0.383 e. The van der Waals surface area contributed by atoms with E-state index in [0.29, 0.717) is 5.82 Å². The van der Waals surface area contributed by atoms with Crippen molar-refractivity contribution in [3.63, 3.8) is 0 Å². The van der Waals surface area contributed by atoms with Gasteiger partial charge in [0.25, 0.3) is 0 Å². The highest BCUT2D eigenvalue weighted by atomic mass is 14.9. The van der Waals surface area contributed by atoms with Gasteiger partial charge in [-0.25, -0.2) is 9.97 Å². The van der Waals surface area contributed by atoms with Crippen LogP contribution in [-0.2, 0) is 0 Å². The van der Waals surface area contributed by atoms with Crippen molar-refractivity contribution in [3.05, 3.63) is 78.7 Å². The molecule has 1 aromatic heterocycles. The van der Waals surface area contributed by atoms with Gasteiger partial charge in [0.05, 0.1) is 5.69 Å². The summed E-state index contributed by atoms with van der Waals surface area (Å²) < 4.78 is 0. The normalized spacial score (nSPS) is 10.2. The Labute approximate surface area is 179 Å². The molecule has 0 atom stereocenters. The Morgan fingerprint density at radius 1 is 1.10 bits per heavy atom. The van der Waals surface area contributed by atoms with E-state index in [1.165, 1.54) is 11.9 Å². The van der Waals surface area contributed by atoms with E-state index in [1.807, 2.05) is 64.1 Å². The summed E-state index contributed by atoms with van der Waals surface area (Å²) in [5, 5.41) is 0. The van der Waals surface area contributed by atoms with Gasteiger partial charge in [-0.15, -0.1) is 0 Å². The van der Waals surface area contributed by atoms with Crippen molar-refractivity contribution in [1.29, 1.82) is 0 Å². The first-order valence-corrected chi connectivity index (χ1v) is 10.4. The molecule has 0 saturated carbocycles. The van der Waals surface area contributed by atoms with E-state index in [4.69, 9.17) is 5.73 Å². The van der Waals surface area contributed by atoms with Gasteiger partial charge in [-0.3, -0.25) is 0 Å². The molecule has 1 heterocycles. The number of anilines is 1. The number of nitrogen functional groups attached to an aromatic ring is 1. The fraction of sp³-hybridized carbons (Fsp3) is 0.385. The monoisotopic (exact) mass is 395 g/mol. The quantitative estimate of drug-likeness (QED) is 0.537. The van der Waals surface area contributed by atoms with E-state index < -0.39 is 0 Å². The van der Waals surface area contributed by atoms with Crippen LogP contribution in [0.2, 0.25) is 0 Å². The molecular weight excluding hydrogens is 354 g/mol. The van der Waals surface area contributed by atoms with Crippen LogP contribution in [0, 0.1) is 12.8 Å². The van der Waals surface area contributed by atoms with E-state index >= 15 is 0 Å². The number of hydrogen-bond donors (Lipinski definition) is 1. The Balaban J connectivity index is 0. The van der Waals surface area contributed by atoms with Gasteiger partial charge in [0.15, 0.2) is 0 Å². The molecule has 2 N–H and O–H groups in total. The van der Waals surface area contributed by atoms with Crippen LogP contribution in [-0.4, -0.2) is 9.97 Å². The molecule has 0 aliphatic heterocycles. The number of benzene rings is 1. The van der Waals surface area contributed by atoms with Crippen LogP contribution in [0.4, 0.5) is 5.82 Å². The number of aromatic nitrogens is 2. The van der Waals surface area contributed by atoms with E-state index in [-0.39, 0.29) is 0 Å². The average molecular weight is 396 g/mol. The van der Waals surface area contributed by atoms with Crippen molar-refractivity contribution in [1.82, 2.24) is 9.97 Å². The molecule has 0 bridgehead atoms. The summed E-state index contributed by atoms with van der Waals surface area (Å²) in [5.41, 5.74) is 9.81. The SMILES string of the molecule is C=C/C(C)=C\C=C/CC.CC.CC(C)C.Cc1c(N)ncnc1-c1ccccc1. The van der Waals surface area contributed by atoms with Gasteiger partial charge in [-0.1, -0.05) is 108 Å². The Bertz CT molecular complexity index is 711. The molecule has 0 saturated heterocycles. The summed E-state index contributed by atoms with van der Waals surface area (Å²) >= 11 is 0. The lowest BCUT2D eigenvalue weighted by molar-refractivity contribution is 0.737. The number of rotatable bonds is 4. The van der Waals surface area contributed by atoms with Gasteiger partial charge in [-0.05, 0) is 26.2 Å². The molecule has 29 heavy (non-hydrogen) atoms. The van der Waals surface area contributed by atoms with Gasteiger partial charge in [0, 0.05) is 11.1 Å². The van der Waals surface area contributed by atoms with Gasteiger partial charge < -0.3 is 5.73 Å². The third kappa shape index (κ3) is 15.0. The maximum Gasteiger partial charge on any atom is 0.130 e. The molecule has 160 valence electrons. The Hall–Kier alpha value is -2.68. The molecule has 0 aliphatic rings. The summed E-state index contributed by atoms with van der Waals surface area (Å²) in [6.07, 6.45) is 10.7. The zero-order valence-electron chi connectivity index (χ0n) is 19.7. The number of nitrogens with two attached hydrogens (primary N) is 1. The third-order valence-corrected chi connectivity index (χ3v) is 3.22. The summed E-state index contributed by atoms with van der Waals surface area (Å²) in [4.78, 5) is 8.15. The lowest BCUT2D eigenvalue weighted by atomic mass is 10.1. The Morgan fingerprint density at radius 2 is 1.66 bits per heavy atom. The van der Waals surface area contributed by atoms with E-state index in [1.54, 1.807) is 0 Å². The highest BCUT2D eigenvalue weighted by Gasteiger charge is 2.05. The minimum Gasteiger partial charge on any atom is -0.383 e. The highest BCUT2D eigenvalue weighted by molar-refractivity contribution is 5.66. The van der Waals surface area contributed by atoms with Crippen molar-refractivity contribution in [2.24, 2.45) is 5.92 Å². The smallest absolute Gasteiger partial charge is 0.130 e. The van der Waals surface area contributed by atoms with Crippen LogP contribution in [0.15, 0.2) is 73.1 Å². The highest BCUT2D eigenvalue weighted by Crippen LogP contribution is 2.22. The summed E-state index contributed by atoms with van der Waals surface area (Å²) in [7, 11) is 0. The lowest BCUT2D eigenvalue weighted by Gasteiger charge is -2.05. The van der Waals surface area contributed by atoms with E-state index in [0.717, 1.165) is 29.2 Å². The zero-order chi connectivity index (χ0) is 22.7. The Kier molecular flexibility index (Phi) is 18.4. The van der Waals surface area contributed by atoms with Crippen LogP contribution in [0.25, 0.3) is 11.3 Å². The second kappa shape index (κ2) is 18.7. The van der Waals surface area contributed by atoms with Crippen molar-refractivity contribution < 1.29 is 0 Å². The summed E-state index contributed by atoms with van der Waals surface area (Å²) in [6, 6.07) is 9.95. The van der Waals surface area contributed by atoms with Gasteiger partial charge in [-0.2, -0.15) is 0 Å². The maximum absolute atomic E-state index is 5.71. The van der Waals surface area contributed by atoms with Crippen LogP contribution in [0.5, 0.6) is 0 Å². The van der Waals surface area contributed by atoms with Gasteiger partial charge in [0.1, 0.15) is 12.1 Å². The van der Waals surface area contributed by atoms with Crippen molar-refractivity contribution in [3.8, 4) is 11.3 Å².